The van der Waals surface area contributed by atoms with Crippen LogP contribution in [0.25, 0.3) is 11.3 Å². The van der Waals surface area contributed by atoms with E-state index >= 15 is 0 Å². The summed E-state index contributed by atoms with van der Waals surface area (Å²) in [7, 11) is 0. The van der Waals surface area contributed by atoms with Gasteiger partial charge in [-0.2, -0.15) is 5.26 Å². The van der Waals surface area contributed by atoms with Crippen LogP contribution in [-0.2, 0) is 0 Å². The zero-order valence-corrected chi connectivity index (χ0v) is 13.5. The van der Waals surface area contributed by atoms with Crippen molar-refractivity contribution in [3.63, 3.8) is 0 Å². The van der Waals surface area contributed by atoms with Gasteiger partial charge in [-0.3, -0.25) is 0 Å². The molecule has 0 amide bonds. The number of nitrogens with one attached hydrogen (secondary N) is 1. The van der Waals surface area contributed by atoms with Gasteiger partial charge in [-0.25, -0.2) is 9.97 Å². The molecule has 0 aliphatic heterocycles. The summed E-state index contributed by atoms with van der Waals surface area (Å²) in [6.07, 6.45) is 1.47. The zero-order chi connectivity index (χ0) is 17.2. The van der Waals surface area contributed by atoms with Crippen LogP contribution in [-0.4, -0.2) is 16.5 Å². The molecule has 0 unspecified atom stereocenters. The maximum Gasteiger partial charge on any atom is 0.148 e. The Kier molecular flexibility index (Phi) is 6.30. The minimum Gasteiger partial charge on any atom is -0.399 e. The Hall–Kier alpha value is -3.39. The molecular formula is C19H19N5. The van der Waals surface area contributed by atoms with Gasteiger partial charge in [-0.05, 0) is 19.1 Å². The molecule has 2 aromatic carbocycles. The van der Waals surface area contributed by atoms with Crippen LogP contribution >= 0.6 is 0 Å². The Morgan fingerprint density at radius 2 is 1.62 bits per heavy atom. The van der Waals surface area contributed by atoms with Gasteiger partial charge >= 0.3 is 0 Å². The Morgan fingerprint density at radius 1 is 1.00 bits per heavy atom. The van der Waals surface area contributed by atoms with Crippen molar-refractivity contribution in [1.82, 2.24) is 9.97 Å². The van der Waals surface area contributed by atoms with Gasteiger partial charge in [0.15, 0.2) is 0 Å². The van der Waals surface area contributed by atoms with E-state index in [4.69, 9.17) is 5.73 Å². The summed E-state index contributed by atoms with van der Waals surface area (Å²) in [5.74, 6) is 0.587. The number of nitriles is 1. The number of rotatable bonds is 3. The number of anilines is 2. The van der Waals surface area contributed by atoms with E-state index in [9.17, 15) is 5.26 Å². The average molecular weight is 317 g/mol. The van der Waals surface area contributed by atoms with E-state index in [0.29, 0.717) is 17.1 Å². The van der Waals surface area contributed by atoms with Gasteiger partial charge in [0, 0.05) is 17.8 Å². The van der Waals surface area contributed by atoms with Crippen LogP contribution in [0, 0.1) is 11.3 Å². The lowest BCUT2D eigenvalue weighted by molar-refractivity contribution is 1.10. The molecule has 0 aliphatic rings. The molecule has 0 fully saturated rings. The molecule has 0 spiro atoms. The topological polar surface area (TPSA) is 87.6 Å². The van der Waals surface area contributed by atoms with Crippen molar-refractivity contribution >= 4 is 11.5 Å². The fourth-order valence-electron chi connectivity index (χ4n) is 2.06. The second-order valence-corrected chi connectivity index (χ2v) is 4.86. The minimum atomic E-state index is 0.487. The predicted octanol–water partition coefficient (Wildman–Crippen LogP) is 3.72. The van der Waals surface area contributed by atoms with E-state index in [2.05, 4.69) is 21.4 Å². The number of hydrogen-bond donors (Lipinski definition) is 2. The number of nitrogens with zero attached hydrogens (tertiary/aromatic N) is 3. The molecule has 3 N–H and O–H groups in total. The molecule has 0 saturated carbocycles. The summed E-state index contributed by atoms with van der Waals surface area (Å²) in [4.78, 5) is 8.27. The Labute approximate surface area is 141 Å². The van der Waals surface area contributed by atoms with Crippen molar-refractivity contribution in [3.05, 3.63) is 72.6 Å². The Bertz CT molecular complexity index is 795. The van der Waals surface area contributed by atoms with Gasteiger partial charge in [-0.1, -0.05) is 48.5 Å². The fraction of sp³-hybridized carbons (Fsp3) is 0.105. The van der Waals surface area contributed by atoms with Crippen LogP contribution < -0.4 is 11.1 Å². The Morgan fingerprint density at radius 3 is 2.12 bits per heavy atom. The van der Waals surface area contributed by atoms with E-state index < -0.39 is 0 Å². The van der Waals surface area contributed by atoms with Crippen LogP contribution in [0.3, 0.4) is 0 Å². The number of hydrogen-bond acceptors (Lipinski definition) is 5. The molecule has 120 valence electrons. The quantitative estimate of drug-likeness (QED) is 0.719. The first-order chi connectivity index (χ1) is 11.8. The van der Waals surface area contributed by atoms with Gasteiger partial charge < -0.3 is 11.1 Å². The lowest BCUT2D eigenvalue weighted by Crippen LogP contribution is -2.04. The molecular weight excluding hydrogens is 298 g/mol. The molecule has 0 radical (unpaired) electrons. The van der Waals surface area contributed by atoms with Gasteiger partial charge in [-0.15, -0.1) is 0 Å². The molecule has 1 aromatic heterocycles. The molecule has 0 aliphatic carbocycles. The normalized spacial score (nSPS) is 9.33. The van der Waals surface area contributed by atoms with Crippen LogP contribution in [0.5, 0.6) is 0 Å². The summed E-state index contributed by atoms with van der Waals surface area (Å²) >= 11 is 0. The summed E-state index contributed by atoms with van der Waals surface area (Å²) in [5, 5.41) is 12.3. The highest BCUT2D eigenvalue weighted by Gasteiger charge is 2.11. The molecule has 5 heteroatoms. The molecule has 0 atom stereocenters. The second kappa shape index (κ2) is 8.91. The zero-order valence-electron chi connectivity index (χ0n) is 13.5. The van der Waals surface area contributed by atoms with Gasteiger partial charge in [0.25, 0.3) is 0 Å². The Balaban J connectivity index is 0.000000249. The lowest BCUT2D eigenvalue weighted by Gasteiger charge is -2.08. The van der Waals surface area contributed by atoms with Gasteiger partial charge in [0.2, 0.25) is 0 Å². The maximum absolute atomic E-state index is 9.22. The third-order valence-corrected chi connectivity index (χ3v) is 3.15. The first kappa shape index (κ1) is 17.0. The van der Waals surface area contributed by atoms with Crippen molar-refractivity contribution in [2.45, 2.75) is 6.92 Å². The van der Waals surface area contributed by atoms with Gasteiger partial charge in [0.05, 0.1) is 5.69 Å². The molecule has 24 heavy (non-hydrogen) atoms. The third-order valence-electron chi connectivity index (χ3n) is 3.15. The SMILES string of the molecule is CCNc1ncnc(-c2ccccc2)c1C#N.Nc1ccccc1. The summed E-state index contributed by atoms with van der Waals surface area (Å²) < 4.78 is 0. The lowest BCUT2D eigenvalue weighted by atomic mass is 10.1. The maximum atomic E-state index is 9.22. The number of aromatic nitrogens is 2. The first-order valence-corrected chi connectivity index (χ1v) is 7.61. The predicted molar refractivity (Wildman–Crippen MR) is 97.2 cm³/mol. The number of nitrogen functional groups attached to an aromatic ring is 1. The second-order valence-electron chi connectivity index (χ2n) is 4.86. The molecule has 0 saturated heterocycles. The molecule has 3 aromatic rings. The fourth-order valence-corrected chi connectivity index (χ4v) is 2.06. The first-order valence-electron chi connectivity index (χ1n) is 7.61. The number of benzene rings is 2. The molecule has 5 nitrogen and oxygen atoms in total. The summed E-state index contributed by atoms with van der Waals surface area (Å²) in [5.41, 5.74) is 8.25. The highest BCUT2D eigenvalue weighted by molar-refractivity contribution is 5.72. The van der Waals surface area contributed by atoms with E-state index in [1.165, 1.54) is 6.33 Å². The van der Waals surface area contributed by atoms with Crippen molar-refractivity contribution in [2.24, 2.45) is 0 Å². The largest absolute Gasteiger partial charge is 0.399 e. The average Bonchev–Trinajstić information content (AvgIpc) is 2.64. The van der Waals surface area contributed by atoms with Gasteiger partial charge in [0.1, 0.15) is 23.8 Å². The van der Waals surface area contributed by atoms with Crippen molar-refractivity contribution in [2.75, 3.05) is 17.6 Å². The van der Waals surface area contributed by atoms with E-state index in [1.807, 2.05) is 67.6 Å². The van der Waals surface area contributed by atoms with E-state index in [1.54, 1.807) is 0 Å². The number of para-hydroxylation sites is 1. The number of nitrogens with two attached hydrogens (primary N) is 1. The van der Waals surface area contributed by atoms with Crippen LogP contribution in [0.15, 0.2) is 67.0 Å². The van der Waals surface area contributed by atoms with Crippen LogP contribution in [0.4, 0.5) is 11.5 Å². The van der Waals surface area contributed by atoms with Crippen molar-refractivity contribution in [1.29, 1.82) is 5.26 Å². The molecule has 3 rings (SSSR count). The highest BCUT2D eigenvalue weighted by atomic mass is 15.0. The summed E-state index contributed by atoms with van der Waals surface area (Å²) in [6.45, 7) is 2.69. The van der Waals surface area contributed by atoms with E-state index in [0.717, 1.165) is 17.8 Å². The van der Waals surface area contributed by atoms with Crippen molar-refractivity contribution in [3.8, 4) is 17.3 Å². The van der Waals surface area contributed by atoms with E-state index in [-0.39, 0.29) is 0 Å². The van der Waals surface area contributed by atoms with Crippen LogP contribution in [0.2, 0.25) is 0 Å². The van der Waals surface area contributed by atoms with Crippen LogP contribution in [0.1, 0.15) is 12.5 Å². The smallest absolute Gasteiger partial charge is 0.148 e. The monoisotopic (exact) mass is 317 g/mol. The highest BCUT2D eigenvalue weighted by Crippen LogP contribution is 2.24. The standard InChI is InChI=1S/C13H12N4.C6H7N/c1-2-15-13-11(8-14)12(16-9-17-13)10-6-4-3-5-7-10;7-6-4-2-1-3-5-6/h3-7,9H,2H2,1H3,(H,15,16,17);1-5H,7H2. The van der Waals surface area contributed by atoms with Crippen molar-refractivity contribution < 1.29 is 0 Å². The molecule has 0 bridgehead atoms. The minimum absolute atomic E-state index is 0.487. The third kappa shape index (κ3) is 4.55. The molecule has 1 heterocycles. The summed E-state index contributed by atoms with van der Waals surface area (Å²) in [6, 6.07) is 21.3.